The maximum atomic E-state index is 12.8. The molecule has 27 heavy (non-hydrogen) atoms. The maximum absolute atomic E-state index is 12.8. The van der Waals surface area contributed by atoms with E-state index in [0.29, 0.717) is 62.1 Å². The lowest BCUT2D eigenvalue weighted by Gasteiger charge is -2.34. The minimum atomic E-state index is -0.161. The van der Waals surface area contributed by atoms with Gasteiger partial charge in [0.1, 0.15) is 5.69 Å². The second-order valence-electron chi connectivity index (χ2n) is 6.39. The standard InChI is InChI=1S/C19H20N4O4/c24-18(14-2-3-16-17(12-14)27-11-1-10-26-16)22-6-8-23(9-7-22)19(25)15-13-20-4-5-21-15/h2-5,12-13H,1,6-11H2. The maximum Gasteiger partial charge on any atom is 0.274 e. The highest BCUT2D eigenvalue weighted by Crippen LogP contribution is 2.30. The molecule has 1 fully saturated rings. The van der Waals surface area contributed by atoms with E-state index in [1.807, 2.05) is 0 Å². The molecule has 0 saturated carbocycles. The summed E-state index contributed by atoms with van der Waals surface area (Å²) in [5.74, 6) is 1.04. The second-order valence-corrected chi connectivity index (χ2v) is 6.39. The normalized spacial score (nSPS) is 16.6. The monoisotopic (exact) mass is 368 g/mol. The van der Waals surface area contributed by atoms with Crippen molar-refractivity contribution in [1.29, 1.82) is 0 Å². The number of hydrogen-bond acceptors (Lipinski definition) is 6. The number of amides is 2. The van der Waals surface area contributed by atoms with E-state index in [2.05, 4.69) is 9.97 Å². The van der Waals surface area contributed by atoms with Crippen LogP contribution < -0.4 is 9.47 Å². The fraction of sp³-hybridized carbons (Fsp3) is 0.368. The predicted molar refractivity (Wildman–Crippen MR) is 95.9 cm³/mol. The second kappa shape index (κ2) is 7.61. The number of rotatable bonds is 2. The number of aromatic nitrogens is 2. The lowest BCUT2D eigenvalue weighted by atomic mass is 10.1. The molecule has 2 aliphatic rings. The van der Waals surface area contributed by atoms with Gasteiger partial charge in [-0.15, -0.1) is 0 Å². The first-order valence-corrected chi connectivity index (χ1v) is 8.96. The highest BCUT2D eigenvalue weighted by atomic mass is 16.5. The van der Waals surface area contributed by atoms with Crippen LogP contribution in [0.3, 0.4) is 0 Å². The molecule has 0 atom stereocenters. The molecule has 0 radical (unpaired) electrons. The lowest BCUT2D eigenvalue weighted by Crippen LogP contribution is -2.50. The van der Waals surface area contributed by atoms with E-state index in [9.17, 15) is 9.59 Å². The van der Waals surface area contributed by atoms with E-state index in [-0.39, 0.29) is 11.8 Å². The van der Waals surface area contributed by atoms with Crippen LogP contribution in [0.1, 0.15) is 27.3 Å². The van der Waals surface area contributed by atoms with Crippen molar-refractivity contribution in [1.82, 2.24) is 19.8 Å². The van der Waals surface area contributed by atoms with Crippen LogP contribution in [-0.2, 0) is 0 Å². The van der Waals surface area contributed by atoms with E-state index < -0.39 is 0 Å². The number of carbonyl (C=O) groups excluding carboxylic acids is 2. The first kappa shape index (κ1) is 17.3. The van der Waals surface area contributed by atoms with Crippen molar-refractivity contribution in [2.24, 2.45) is 0 Å². The SMILES string of the molecule is O=C(c1ccc2c(c1)OCCCO2)N1CCN(C(=O)c2cnccn2)CC1. The van der Waals surface area contributed by atoms with Crippen molar-refractivity contribution in [2.45, 2.75) is 6.42 Å². The van der Waals surface area contributed by atoms with Gasteiger partial charge in [-0.2, -0.15) is 0 Å². The Kier molecular flexibility index (Phi) is 4.86. The Bertz CT molecular complexity index is 835. The Hall–Kier alpha value is -3.16. The highest BCUT2D eigenvalue weighted by molar-refractivity contribution is 5.95. The van der Waals surface area contributed by atoms with Gasteiger partial charge in [-0.05, 0) is 18.2 Å². The summed E-state index contributed by atoms with van der Waals surface area (Å²) in [5, 5.41) is 0. The Balaban J connectivity index is 1.40. The molecule has 140 valence electrons. The van der Waals surface area contributed by atoms with E-state index in [0.717, 1.165) is 6.42 Å². The van der Waals surface area contributed by atoms with Gasteiger partial charge in [0.15, 0.2) is 11.5 Å². The van der Waals surface area contributed by atoms with Gasteiger partial charge in [0.25, 0.3) is 11.8 Å². The third-order valence-corrected chi connectivity index (χ3v) is 4.63. The van der Waals surface area contributed by atoms with Gasteiger partial charge in [-0.1, -0.05) is 0 Å². The summed E-state index contributed by atoms with van der Waals surface area (Å²) in [6.07, 6.45) is 5.30. The molecule has 0 spiro atoms. The van der Waals surface area contributed by atoms with Crippen molar-refractivity contribution in [2.75, 3.05) is 39.4 Å². The van der Waals surface area contributed by atoms with Crippen LogP contribution >= 0.6 is 0 Å². The number of piperazine rings is 1. The molecular formula is C19H20N4O4. The molecule has 8 nitrogen and oxygen atoms in total. The van der Waals surface area contributed by atoms with E-state index in [1.165, 1.54) is 18.6 Å². The average Bonchev–Trinajstić information content (AvgIpc) is 2.98. The van der Waals surface area contributed by atoms with Crippen LogP contribution in [0.25, 0.3) is 0 Å². The quantitative estimate of drug-likeness (QED) is 0.793. The number of benzene rings is 1. The molecule has 2 aliphatic heterocycles. The Morgan fingerprint density at radius 3 is 2.30 bits per heavy atom. The number of fused-ring (bicyclic) bond motifs is 1. The molecule has 3 heterocycles. The number of ether oxygens (including phenoxy) is 2. The van der Waals surface area contributed by atoms with Gasteiger partial charge in [-0.25, -0.2) is 4.98 Å². The zero-order valence-electron chi connectivity index (χ0n) is 14.8. The molecule has 1 saturated heterocycles. The van der Waals surface area contributed by atoms with Crippen LogP contribution in [0, 0.1) is 0 Å². The summed E-state index contributed by atoms with van der Waals surface area (Å²) >= 11 is 0. The zero-order chi connectivity index (χ0) is 18.6. The first-order chi connectivity index (χ1) is 13.2. The molecule has 1 aromatic heterocycles. The minimum Gasteiger partial charge on any atom is -0.490 e. The predicted octanol–water partition coefficient (Wildman–Crippen LogP) is 1.24. The molecule has 2 aromatic rings. The first-order valence-electron chi connectivity index (χ1n) is 8.96. The summed E-state index contributed by atoms with van der Waals surface area (Å²) in [6, 6.07) is 5.27. The van der Waals surface area contributed by atoms with Gasteiger partial charge in [0, 0.05) is 50.6 Å². The molecule has 4 rings (SSSR count). The molecular weight excluding hydrogens is 348 g/mol. The van der Waals surface area contributed by atoms with Crippen molar-refractivity contribution >= 4 is 11.8 Å². The van der Waals surface area contributed by atoms with Crippen molar-refractivity contribution in [3.63, 3.8) is 0 Å². The van der Waals surface area contributed by atoms with Gasteiger partial charge in [0.2, 0.25) is 0 Å². The Labute approximate surface area is 156 Å². The van der Waals surface area contributed by atoms with E-state index in [1.54, 1.807) is 28.0 Å². The molecule has 8 heteroatoms. The summed E-state index contributed by atoms with van der Waals surface area (Å²) in [5.41, 5.74) is 0.883. The molecule has 1 aromatic carbocycles. The summed E-state index contributed by atoms with van der Waals surface area (Å²) in [4.78, 5) is 36.7. The van der Waals surface area contributed by atoms with Crippen LogP contribution in [0.5, 0.6) is 11.5 Å². The van der Waals surface area contributed by atoms with E-state index in [4.69, 9.17) is 9.47 Å². The van der Waals surface area contributed by atoms with Gasteiger partial charge >= 0.3 is 0 Å². The Morgan fingerprint density at radius 1 is 0.889 bits per heavy atom. The lowest BCUT2D eigenvalue weighted by molar-refractivity contribution is 0.0532. The summed E-state index contributed by atoms with van der Waals surface area (Å²) in [6.45, 7) is 3.06. The third-order valence-electron chi connectivity index (χ3n) is 4.63. The smallest absolute Gasteiger partial charge is 0.274 e. The topological polar surface area (TPSA) is 84.9 Å². The van der Waals surface area contributed by atoms with Gasteiger partial charge < -0.3 is 19.3 Å². The van der Waals surface area contributed by atoms with Crippen molar-refractivity contribution in [3.05, 3.63) is 48.0 Å². The molecule has 2 amide bonds. The molecule has 0 unspecified atom stereocenters. The summed E-state index contributed by atoms with van der Waals surface area (Å²) in [7, 11) is 0. The van der Waals surface area contributed by atoms with Crippen molar-refractivity contribution in [3.8, 4) is 11.5 Å². The largest absolute Gasteiger partial charge is 0.490 e. The van der Waals surface area contributed by atoms with Gasteiger partial charge in [-0.3, -0.25) is 14.6 Å². The van der Waals surface area contributed by atoms with Crippen LogP contribution in [0.15, 0.2) is 36.8 Å². The van der Waals surface area contributed by atoms with Gasteiger partial charge in [0.05, 0.1) is 19.4 Å². The number of carbonyl (C=O) groups is 2. The third kappa shape index (κ3) is 3.69. The highest BCUT2D eigenvalue weighted by Gasteiger charge is 2.26. The van der Waals surface area contributed by atoms with Crippen molar-refractivity contribution < 1.29 is 19.1 Å². The molecule has 0 N–H and O–H groups in total. The zero-order valence-corrected chi connectivity index (χ0v) is 14.8. The fourth-order valence-electron chi connectivity index (χ4n) is 3.16. The molecule has 0 bridgehead atoms. The van der Waals surface area contributed by atoms with Crippen LogP contribution in [0.4, 0.5) is 0 Å². The van der Waals surface area contributed by atoms with Crippen LogP contribution in [0.2, 0.25) is 0 Å². The number of nitrogens with zero attached hydrogens (tertiary/aromatic N) is 4. The number of hydrogen-bond donors (Lipinski definition) is 0. The Morgan fingerprint density at radius 2 is 1.59 bits per heavy atom. The minimum absolute atomic E-state index is 0.0720. The fourth-order valence-corrected chi connectivity index (χ4v) is 3.16. The van der Waals surface area contributed by atoms with E-state index >= 15 is 0 Å². The molecule has 0 aliphatic carbocycles. The average molecular weight is 368 g/mol. The van der Waals surface area contributed by atoms with Crippen LogP contribution in [-0.4, -0.2) is 71.0 Å². The summed E-state index contributed by atoms with van der Waals surface area (Å²) < 4.78 is 11.3.